The lowest BCUT2D eigenvalue weighted by Crippen LogP contribution is -2.27. The number of nitrogens with one attached hydrogen (secondary N) is 2. The molecule has 176 valence electrons. The number of aromatic nitrogens is 1. The summed E-state index contributed by atoms with van der Waals surface area (Å²) in [6.45, 7) is 9.10. The van der Waals surface area contributed by atoms with Crippen molar-refractivity contribution in [2.24, 2.45) is 5.92 Å². The molecule has 0 spiro atoms. The van der Waals surface area contributed by atoms with Crippen molar-refractivity contribution in [2.45, 2.75) is 40.0 Å². The summed E-state index contributed by atoms with van der Waals surface area (Å²) < 4.78 is 0. The van der Waals surface area contributed by atoms with Gasteiger partial charge in [-0.25, -0.2) is 4.98 Å². The van der Waals surface area contributed by atoms with Gasteiger partial charge in [-0.3, -0.25) is 4.79 Å². The second kappa shape index (κ2) is 19.0. The largest absolute Gasteiger partial charge is 0.395 e. The van der Waals surface area contributed by atoms with Gasteiger partial charge in [0.1, 0.15) is 11.6 Å². The van der Waals surface area contributed by atoms with Crippen molar-refractivity contribution in [3.8, 4) is 0 Å². The van der Waals surface area contributed by atoms with Crippen molar-refractivity contribution in [1.29, 1.82) is 0 Å². The van der Waals surface area contributed by atoms with E-state index in [1.807, 2.05) is 7.05 Å². The van der Waals surface area contributed by atoms with Gasteiger partial charge in [0.2, 0.25) is 6.41 Å². The van der Waals surface area contributed by atoms with Crippen molar-refractivity contribution < 1.29 is 9.90 Å². The number of carbonyl (C=O) groups excluding carboxylic acids is 1. The smallest absolute Gasteiger partial charge is 0.207 e. The minimum Gasteiger partial charge on any atom is -0.395 e. The number of hydrogen-bond donors (Lipinski definition) is 4. The van der Waals surface area contributed by atoms with E-state index in [1.165, 1.54) is 36.9 Å². The highest BCUT2D eigenvalue weighted by molar-refractivity contribution is 7.79. The van der Waals surface area contributed by atoms with Crippen LogP contribution in [-0.4, -0.2) is 56.0 Å². The van der Waals surface area contributed by atoms with Gasteiger partial charge in [0.15, 0.2) is 0 Å². The van der Waals surface area contributed by atoms with Crippen molar-refractivity contribution in [1.82, 2.24) is 10.3 Å². The molecule has 3 N–H and O–H groups in total. The summed E-state index contributed by atoms with van der Waals surface area (Å²) in [5.41, 5.74) is 2.64. The van der Waals surface area contributed by atoms with Crippen LogP contribution in [0.2, 0.25) is 0 Å². The summed E-state index contributed by atoms with van der Waals surface area (Å²) in [5, 5.41) is 17.6. The first-order chi connectivity index (χ1) is 15.0. The van der Waals surface area contributed by atoms with Crippen LogP contribution in [0.5, 0.6) is 0 Å². The predicted molar refractivity (Wildman–Crippen MR) is 139 cm³/mol. The van der Waals surface area contributed by atoms with Gasteiger partial charge in [-0.1, -0.05) is 6.92 Å². The Kier molecular flexibility index (Phi) is 17.9. The van der Waals surface area contributed by atoms with Crippen LogP contribution in [0.1, 0.15) is 37.3 Å². The van der Waals surface area contributed by atoms with Gasteiger partial charge >= 0.3 is 0 Å². The fourth-order valence-electron chi connectivity index (χ4n) is 2.58. The molecule has 0 aliphatic heterocycles. The molecule has 2 aromatic rings. The number of thiol groups is 1. The maximum atomic E-state index is 9.34. The number of amides is 1. The van der Waals surface area contributed by atoms with Gasteiger partial charge in [0.25, 0.3) is 0 Å². The second-order valence-corrected chi connectivity index (χ2v) is 7.90. The number of aliphatic hydroxyl groups is 1. The van der Waals surface area contributed by atoms with E-state index < -0.39 is 0 Å². The van der Waals surface area contributed by atoms with E-state index in [-0.39, 0.29) is 6.61 Å². The van der Waals surface area contributed by atoms with E-state index >= 15 is 0 Å². The van der Waals surface area contributed by atoms with Gasteiger partial charge in [-0.15, -0.1) is 0 Å². The second-order valence-electron chi connectivity index (χ2n) is 7.12. The summed E-state index contributed by atoms with van der Waals surface area (Å²) in [6.07, 6.45) is 6.21. The first-order valence-electron chi connectivity index (χ1n) is 10.7. The first kappa shape index (κ1) is 29.2. The Balaban J connectivity index is 0.000000528. The molecule has 2 heterocycles. The molecule has 0 radical (unpaired) electrons. The molecule has 2 aromatic heterocycles. The zero-order valence-corrected chi connectivity index (χ0v) is 21.3. The Bertz CT molecular complexity index is 680. The summed E-state index contributed by atoms with van der Waals surface area (Å²) >= 11 is 5.27. The topological polar surface area (TPSA) is 77.5 Å². The minimum absolute atomic E-state index is 0.0126. The molecule has 1 amide bonds. The fraction of sp³-hybridized carbons (Fsp3) is 0.565. The average molecular weight is 469 g/mol. The number of aliphatic hydroxyl groups excluding tert-OH is 1. The van der Waals surface area contributed by atoms with Gasteiger partial charge in [-0.05, 0) is 85.4 Å². The standard InChI is InChI=1S/C14H23N3.C5H6S.C3H7NO2.CH4S/c1-4-7-17(10-12-5-6-12)14-9-11(2)8-13(15-3)16-14;1-5-2-3-6-4-5;5-2-1-4-3-6;1-2/h8-9,12H,4-7,10H2,1-3H3,(H,15,16);2-4H,1H3;3,5H,1-2H2,(H,4,6);2H,1H3. The van der Waals surface area contributed by atoms with Crippen molar-refractivity contribution in [3.05, 3.63) is 40.1 Å². The number of carbonyl (C=O) groups is 1. The molecule has 1 saturated carbocycles. The van der Waals surface area contributed by atoms with Crippen LogP contribution in [-0.2, 0) is 4.79 Å². The van der Waals surface area contributed by atoms with Crippen molar-refractivity contribution >= 4 is 42.0 Å². The number of nitrogens with zero attached hydrogens (tertiary/aromatic N) is 2. The zero-order valence-electron chi connectivity index (χ0n) is 19.6. The lowest BCUT2D eigenvalue weighted by molar-refractivity contribution is -0.109. The molecule has 0 unspecified atom stereocenters. The highest BCUT2D eigenvalue weighted by atomic mass is 32.1. The SMILES string of the molecule is CCCN(CC1CC1)c1cc(C)cc(NC)n1.CS.Cc1ccsc1.O=CNCCO. The summed E-state index contributed by atoms with van der Waals surface area (Å²) in [4.78, 5) is 16.4. The quantitative estimate of drug-likeness (QED) is 0.249. The van der Waals surface area contributed by atoms with Crippen LogP contribution in [0, 0.1) is 19.8 Å². The predicted octanol–water partition coefficient (Wildman–Crippen LogP) is 4.39. The van der Waals surface area contributed by atoms with Gasteiger partial charge in [-0.2, -0.15) is 24.0 Å². The molecular weight excluding hydrogens is 428 g/mol. The third-order valence-electron chi connectivity index (χ3n) is 4.21. The lowest BCUT2D eigenvalue weighted by atomic mass is 10.2. The third kappa shape index (κ3) is 14.8. The van der Waals surface area contributed by atoms with E-state index in [2.05, 4.69) is 82.9 Å². The Morgan fingerprint density at radius 2 is 2.00 bits per heavy atom. The number of thiophene rings is 1. The van der Waals surface area contributed by atoms with Crippen LogP contribution in [0.15, 0.2) is 29.0 Å². The normalized spacial score (nSPS) is 11.5. The van der Waals surface area contributed by atoms with Gasteiger partial charge < -0.3 is 20.6 Å². The Labute approximate surface area is 197 Å². The molecule has 3 rings (SSSR count). The molecule has 31 heavy (non-hydrogen) atoms. The highest BCUT2D eigenvalue weighted by Gasteiger charge is 2.24. The van der Waals surface area contributed by atoms with E-state index in [9.17, 15) is 4.79 Å². The van der Waals surface area contributed by atoms with E-state index in [0.717, 1.165) is 24.1 Å². The van der Waals surface area contributed by atoms with Crippen LogP contribution < -0.4 is 15.5 Å². The summed E-state index contributed by atoms with van der Waals surface area (Å²) in [5.74, 6) is 3.00. The number of aryl methyl sites for hydroxylation is 2. The van der Waals surface area contributed by atoms with Crippen LogP contribution in [0.25, 0.3) is 0 Å². The molecule has 0 aromatic carbocycles. The third-order valence-corrected chi connectivity index (χ3v) is 5.01. The van der Waals surface area contributed by atoms with E-state index in [4.69, 9.17) is 5.11 Å². The average Bonchev–Trinajstić information content (AvgIpc) is 3.48. The number of hydrogen-bond acceptors (Lipinski definition) is 7. The van der Waals surface area contributed by atoms with Gasteiger partial charge in [0, 0.05) is 26.7 Å². The van der Waals surface area contributed by atoms with Gasteiger partial charge in [0.05, 0.1) is 6.61 Å². The maximum absolute atomic E-state index is 9.34. The molecule has 0 bridgehead atoms. The van der Waals surface area contributed by atoms with Crippen molar-refractivity contribution in [2.75, 3.05) is 49.8 Å². The molecule has 8 heteroatoms. The highest BCUT2D eigenvalue weighted by Crippen LogP contribution is 2.31. The first-order valence-corrected chi connectivity index (χ1v) is 12.5. The van der Waals surface area contributed by atoms with E-state index in [1.54, 1.807) is 17.6 Å². The molecule has 6 nitrogen and oxygen atoms in total. The Morgan fingerprint density at radius 1 is 1.29 bits per heavy atom. The monoisotopic (exact) mass is 468 g/mol. The Morgan fingerprint density at radius 3 is 2.39 bits per heavy atom. The van der Waals surface area contributed by atoms with Crippen molar-refractivity contribution in [3.63, 3.8) is 0 Å². The molecule has 0 atom stereocenters. The number of rotatable bonds is 9. The zero-order chi connectivity index (χ0) is 23.5. The van der Waals surface area contributed by atoms with E-state index in [0.29, 0.717) is 13.0 Å². The summed E-state index contributed by atoms with van der Waals surface area (Å²) in [7, 11) is 1.93. The number of anilines is 2. The lowest BCUT2D eigenvalue weighted by Gasteiger charge is -2.24. The van der Waals surface area contributed by atoms with Crippen LogP contribution >= 0.6 is 24.0 Å². The summed E-state index contributed by atoms with van der Waals surface area (Å²) in [6, 6.07) is 6.38. The molecule has 1 aliphatic rings. The number of pyridine rings is 1. The Hall–Kier alpha value is -1.77. The van der Waals surface area contributed by atoms with Crippen LogP contribution in [0.3, 0.4) is 0 Å². The van der Waals surface area contributed by atoms with Crippen LogP contribution in [0.4, 0.5) is 11.6 Å². The molecule has 1 fully saturated rings. The molecule has 1 aliphatic carbocycles. The molecular formula is C23H40N4O2S2. The minimum atomic E-state index is 0.0126. The fourth-order valence-corrected chi connectivity index (χ4v) is 3.24. The molecule has 0 saturated heterocycles. The maximum Gasteiger partial charge on any atom is 0.207 e.